The Hall–Kier alpha value is -4.83. The molecule has 0 aliphatic heterocycles. The SMILES string of the molecule is OC(c1ccccc1)c1cccnc1.c1ccc(-c2ccc(COCc3ccc(-c4ccccc4)cc3)cc2)cc1. The number of ether oxygens (including phenoxy) is 1. The van der Waals surface area contributed by atoms with E-state index in [9.17, 15) is 5.11 Å². The lowest BCUT2D eigenvalue weighted by atomic mass is 10.0. The highest BCUT2D eigenvalue weighted by Crippen LogP contribution is 2.22. The molecule has 1 atom stereocenters. The number of aliphatic hydroxyl groups is 1. The zero-order valence-electron chi connectivity index (χ0n) is 22.9. The number of aromatic nitrogens is 1. The van der Waals surface area contributed by atoms with Gasteiger partial charge in [0, 0.05) is 18.0 Å². The monoisotopic (exact) mass is 535 g/mol. The molecule has 3 nitrogen and oxygen atoms in total. The molecule has 1 aromatic heterocycles. The number of pyridine rings is 1. The maximum atomic E-state index is 9.95. The second-order valence-electron chi connectivity index (χ2n) is 9.72. The summed E-state index contributed by atoms with van der Waals surface area (Å²) in [5, 5.41) is 9.95. The molecule has 202 valence electrons. The average Bonchev–Trinajstić information content (AvgIpc) is 3.07. The Bertz CT molecular complexity index is 1450. The number of rotatable bonds is 8. The second-order valence-corrected chi connectivity index (χ2v) is 9.72. The van der Waals surface area contributed by atoms with Gasteiger partial charge in [0.15, 0.2) is 0 Å². The molecular weight excluding hydrogens is 502 g/mol. The first-order valence-electron chi connectivity index (χ1n) is 13.8. The van der Waals surface area contributed by atoms with Crippen LogP contribution in [0.5, 0.6) is 0 Å². The fraction of sp³-hybridized carbons (Fsp3) is 0.0789. The summed E-state index contributed by atoms with van der Waals surface area (Å²) in [5.41, 5.74) is 9.03. The van der Waals surface area contributed by atoms with Crippen LogP contribution in [0, 0.1) is 0 Å². The summed E-state index contributed by atoms with van der Waals surface area (Å²) in [6.07, 6.45) is 2.80. The molecule has 0 fully saturated rings. The van der Waals surface area contributed by atoms with Crippen LogP contribution in [0.25, 0.3) is 22.3 Å². The van der Waals surface area contributed by atoms with Gasteiger partial charge < -0.3 is 9.84 Å². The Balaban J connectivity index is 0.000000202. The standard InChI is InChI=1S/C26H22O.C12H11NO/c1-3-7-23(8-4-1)25-15-11-21(12-16-25)19-27-20-22-13-17-26(18-14-22)24-9-5-2-6-10-24;14-12(10-5-2-1-3-6-10)11-7-4-8-13-9-11/h1-18H,19-20H2;1-9,12,14H. The van der Waals surface area contributed by atoms with Crippen molar-refractivity contribution in [2.24, 2.45) is 0 Å². The summed E-state index contributed by atoms with van der Waals surface area (Å²) in [6.45, 7) is 1.24. The first-order valence-corrected chi connectivity index (χ1v) is 13.8. The first kappa shape index (κ1) is 27.7. The van der Waals surface area contributed by atoms with E-state index in [2.05, 4.69) is 102 Å². The molecule has 1 N–H and O–H groups in total. The van der Waals surface area contributed by atoms with Gasteiger partial charge in [-0.15, -0.1) is 0 Å². The zero-order valence-corrected chi connectivity index (χ0v) is 22.9. The Morgan fingerprint density at radius 3 is 1.32 bits per heavy atom. The molecule has 3 heteroatoms. The van der Waals surface area contributed by atoms with Gasteiger partial charge in [0.1, 0.15) is 6.10 Å². The summed E-state index contributed by atoms with van der Waals surface area (Å²) < 4.78 is 5.90. The van der Waals surface area contributed by atoms with E-state index in [-0.39, 0.29) is 0 Å². The van der Waals surface area contributed by atoms with Gasteiger partial charge in [-0.1, -0.05) is 146 Å². The first-order chi connectivity index (χ1) is 20.3. The van der Waals surface area contributed by atoms with Gasteiger partial charge in [-0.2, -0.15) is 0 Å². The van der Waals surface area contributed by atoms with Crippen molar-refractivity contribution in [3.63, 3.8) is 0 Å². The molecule has 0 saturated heterocycles. The fourth-order valence-electron chi connectivity index (χ4n) is 4.50. The number of hydrogen-bond donors (Lipinski definition) is 1. The van der Waals surface area contributed by atoms with Crippen molar-refractivity contribution in [1.82, 2.24) is 4.98 Å². The largest absolute Gasteiger partial charge is 0.384 e. The number of nitrogens with zero attached hydrogens (tertiary/aromatic N) is 1. The minimum atomic E-state index is -0.579. The van der Waals surface area contributed by atoms with Gasteiger partial charge in [0.2, 0.25) is 0 Å². The summed E-state index contributed by atoms with van der Waals surface area (Å²) in [4.78, 5) is 3.97. The van der Waals surface area contributed by atoms with E-state index in [0.717, 1.165) is 11.1 Å². The van der Waals surface area contributed by atoms with E-state index in [1.165, 1.54) is 33.4 Å². The predicted molar refractivity (Wildman–Crippen MR) is 167 cm³/mol. The molecule has 0 spiro atoms. The van der Waals surface area contributed by atoms with Gasteiger partial charge in [-0.25, -0.2) is 0 Å². The lowest BCUT2D eigenvalue weighted by Crippen LogP contribution is -1.99. The maximum Gasteiger partial charge on any atom is 0.106 e. The molecule has 1 heterocycles. The van der Waals surface area contributed by atoms with E-state index < -0.39 is 6.10 Å². The highest BCUT2D eigenvalue weighted by atomic mass is 16.5. The van der Waals surface area contributed by atoms with Gasteiger partial charge in [0.25, 0.3) is 0 Å². The van der Waals surface area contributed by atoms with Crippen LogP contribution in [0.15, 0.2) is 164 Å². The molecule has 0 amide bonds. The van der Waals surface area contributed by atoms with E-state index in [1.807, 2.05) is 54.6 Å². The van der Waals surface area contributed by atoms with Crippen LogP contribution < -0.4 is 0 Å². The van der Waals surface area contributed by atoms with E-state index in [0.29, 0.717) is 13.2 Å². The Kier molecular flexibility index (Phi) is 9.82. The summed E-state index contributed by atoms with van der Waals surface area (Å²) >= 11 is 0. The molecule has 0 aliphatic rings. The molecule has 41 heavy (non-hydrogen) atoms. The number of aliphatic hydroxyl groups excluding tert-OH is 1. The second kappa shape index (κ2) is 14.5. The highest BCUT2D eigenvalue weighted by molar-refractivity contribution is 5.64. The lowest BCUT2D eigenvalue weighted by Gasteiger charge is -2.09. The van der Waals surface area contributed by atoms with Crippen LogP contribution in [0.1, 0.15) is 28.4 Å². The molecule has 0 radical (unpaired) electrons. The fourth-order valence-corrected chi connectivity index (χ4v) is 4.50. The minimum Gasteiger partial charge on any atom is -0.384 e. The summed E-state index contributed by atoms with van der Waals surface area (Å²) in [6, 6.07) is 51.3. The van der Waals surface area contributed by atoms with Crippen LogP contribution in [-0.4, -0.2) is 10.1 Å². The molecule has 0 aliphatic carbocycles. The highest BCUT2D eigenvalue weighted by Gasteiger charge is 2.08. The Labute approximate surface area is 242 Å². The van der Waals surface area contributed by atoms with Crippen molar-refractivity contribution in [3.05, 3.63) is 186 Å². The molecule has 6 rings (SSSR count). The topological polar surface area (TPSA) is 42.4 Å². The van der Waals surface area contributed by atoms with Gasteiger partial charge >= 0.3 is 0 Å². The summed E-state index contributed by atoms with van der Waals surface area (Å²) in [7, 11) is 0. The molecule has 5 aromatic carbocycles. The van der Waals surface area contributed by atoms with Crippen molar-refractivity contribution < 1.29 is 9.84 Å². The number of benzene rings is 5. The van der Waals surface area contributed by atoms with Crippen LogP contribution in [0.3, 0.4) is 0 Å². The third kappa shape index (κ3) is 8.09. The molecule has 0 saturated carbocycles. The molecule has 6 aromatic rings. The Morgan fingerprint density at radius 2 is 0.878 bits per heavy atom. The van der Waals surface area contributed by atoms with Crippen molar-refractivity contribution in [2.75, 3.05) is 0 Å². The minimum absolute atomic E-state index is 0.579. The van der Waals surface area contributed by atoms with Gasteiger partial charge in [-0.05, 0) is 45.0 Å². The van der Waals surface area contributed by atoms with E-state index in [4.69, 9.17) is 4.74 Å². The summed E-state index contributed by atoms with van der Waals surface area (Å²) in [5.74, 6) is 0. The van der Waals surface area contributed by atoms with Crippen LogP contribution >= 0.6 is 0 Å². The van der Waals surface area contributed by atoms with Gasteiger partial charge in [0.05, 0.1) is 13.2 Å². The van der Waals surface area contributed by atoms with E-state index >= 15 is 0 Å². The van der Waals surface area contributed by atoms with Crippen LogP contribution in [0.4, 0.5) is 0 Å². The third-order valence-electron chi connectivity index (χ3n) is 6.78. The smallest absolute Gasteiger partial charge is 0.106 e. The van der Waals surface area contributed by atoms with Crippen molar-refractivity contribution >= 4 is 0 Å². The molecule has 1 unspecified atom stereocenters. The van der Waals surface area contributed by atoms with E-state index in [1.54, 1.807) is 12.4 Å². The molecular formula is C38H33NO2. The van der Waals surface area contributed by atoms with Gasteiger partial charge in [-0.3, -0.25) is 4.98 Å². The van der Waals surface area contributed by atoms with Crippen LogP contribution in [-0.2, 0) is 18.0 Å². The van der Waals surface area contributed by atoms with Crippen LogP contribution in [0.2, 0.25) is 0 Å². The predicted octanol–water partition coefficient (Wildman–Crippen LogP) is 8.90. The Morgan fingerprint density at radius 1 is 0.463 bits per heavy atom. The van der Waals surface area contributed by atoms with Crippen molar-refractivity contribution in [3.8, 4) is 22.3 Å². The molecule has 0 bridgehead atoms. The van der Waals surface area contributed by atoms with Crippen molar-refractivity contribution in [2.45, 2.75) is 19.3 Å². The average molecular weight is 536 g/mol. The maximum absolute atomic E-state index is 9.95. The zero-order chi connectivity index (χ0) is 28.1. The lowest BCUT2D eigenvalue weighted by molar-refractivity contribution is 0.107. The van der Waals surface area contributed by atoms with Crippen molar-refractivity contribution in [1.29, 1.82) is 0 Å². The normalized spacial score (nSPS) is 11.2. The third-order valence-corrected chi connectivity index (χ3v) is 6.78. The number of hydrogen-bond acceptors (Lipinski definition) is 3. The quantitative estimate of drug-likeness (QED) is 0.212.